The van der Waals surface area contributed by atoms with Crippen LogP contribution in [0.4, 0.5) is 17.1 Å². The van der Waals surface area contributed by atoms with Crippen LogP contribution in [0.2, 0.25) is 0 Å². The average molecular weight is 837 g/mol. The van der Waals surface area contributed by atoms with Crippen LogP contribution in [0.15, 0.2) is 228 Å². The lowest BCUT2D eigenvalue weighted by Gasteiger charge is -2.46. The van der Waals surface area contributed by atoms with E-state index in [9.17, 15) is 0 Å². The van der Waals surface area contributed by atoms with Gasteiger partial charge in [-0.25, -0.2) is 0 Å². The fraction of sp³-hybridized carbons (Fsp3) is 0.0169. The molecule has 1 aliphatic heterocycles. The molecule has 0 fully saturated rings. The fourth-order valence-corrected chi connectivity index (χ4v) is 13.4. The third-order valence-corrected chi connectivity index (χ3v) is 15.9. The Bertz CT molecular complexity index is 3850. The largest absolute Gasteiger partial charge is 0.310 e. The molecule has 1 aliphatic carbocycles. The van der Waals surface area contributed by atoms with E-state index < -0.39 is 5.41 Å². The summed E-state index contributed by atoms with van der Waals surface area (Å²) in [5, 5.41) is 7.69. The highest BCUT2D eigenvalue weighted by Crippen LogP contribution is 2.62. The Labute approximate surface area is 372 Å². The first-order valence-corrected chi connectivity index (χ1v) is 23.2. The van der Waals surface area contributed by atoms with Gasteiger partial charge in [0.05, 0.1) is 16.4 Å². The maximum Gasteiger partial charge on any atom is 0.0736 e. The fourth-order valence-electron chi connectivity index (χ4n) is 11.1. The van der Waals surface area contributed by atoms with Crippen molar-refractivity contribution in [2.45, 2.75) is 15.2 Å². The predicted octanol–water partition coefficient (Wildman–Crippen LogP) is 16.6. The molecular weight excluding hydrogens is 801 g/mol. The number of benzene rings is 10. The Morgan fingerprint density at radius 2 is 1.00 bits per heavy atom. The zero-order valence-corrected chi connectivity index (χ0v) is 35.6. The standard InChI is InChI=1S/C59H36N2S2/c1-2-16-38(17-3-1)61-52-25-9-5-19-43(52)44-31-28-40(35-53(44)61)60(41-29-32-46-45-20-6-10-26-54(45)62-57(46)36-41)39-30-33-56-51(34-39)59(49-23-8-11-27-55(49)63-56)48-22-7-4-18-42(48)47-21-12-14-37-15-13-24-50(59)58(37)47/h1-36H. The van der Waals surface area contributed by atoms with Gasteiger partial charge in [-0.2, -0.15) is 0 Å². The van der Waals surface area contributed by atoms with E-state index in [4.69, 9.17) is 0 Å². The van der Waals surface area contributed by atoms with Crippen molar-refractivity contribution in [2.24, 2.45) is 0 Å². The molecule has 1 spiro atoms. The molecule has 1 atom stereocenters. The van der Waals surface area contributed by atoms with Crippen LogP contribution in [-0.4, -0.2) is 4.57 Å². The van der Waals surface area contributed by atoms with E-state index in [1.54, 1.807) is 0 Å². The van der Waals surface area contributed by atoms with Gasteiger partial charge >= 0.3 is 0 Å². The smallest absolute Gasteiger partial charge is 0.0736 e. The van der Waals surface area contributed by atoms with Crippen LogP contribution in [0.5, 0.6) is 0 Å². The van der Waals surface area contributed by atoms with E-state index in [1.165, 1.54) is 95.9 Å². The van der Waals surface area contributed by atoms with Gasteiger partial charge in [-0.15, -0.1) is 11.3 Å². The van der Waals surface area contributed by atoms with E-state index in [-0.39, 0.29) is 0 Å². The normalized spacial score (nSPS) is 15.0. The van der Waals surface area contributed by atoms with Crippen molar-refractivity contribution in [1.29, 1.82) is 0 Å². The van der Waals surface area contributed by atoms with Crippen molar-refractivity contribution in [1.82, 2.24) is 4.57 Å². The molecule has 0 radical (unpaired) electrons. The minimum atomic E-state index is -0.553. The molecule has 12 aromatic rings. The molecule has 0 saturated heterocycles. The summed E-state index contributed by atoms with van der Waals surface area (Å²) in [6, 6.07) is 81.8. The molecule has 63 heavy (non-hydrogen) atoms. The molecule has 3 heterocycles. The van der Waals surface area contributed by atoms with E-state index in [0.717, 1.165) is 22.7 Å². The predicted molar refractivity (Wildman–Crippen MR) is 267 cm³/mol. The van der Waals surface area contributed by atoms with Gasteiger partial charge in [0.15, 0.2) is 0 Å². The molecule has 0 saturated carbocycles. The SMILES string of the molecule is c1ccc(-n2c3ccccc3c3ccc(N(c4ccc5c(c4)C4(c6ccccc6S5)c5ccccc5-c5cccc6cccc4c56)c4ccc5c(c4)sc4ccccc45)cc32)cc1. The zero-order valence-electron chi connectivity index (χ0n) is 34.0. The average Bonchev–Trinajstić information content (AvgIpc) is 3.88. The van der Waals surface area contributed by atoms with Crippen LogP contribution in [0.1, 0.15) is 22.3 Å². The molecule has 4 heteroatoms. The summed E-state index contributed by atoms with van der Waals surface area (Å²) < 4.78 is 5.01. The highest BCUT2D eigenvalue weighted by atomic mass is 32.2. The van der Waals surface area contributed by atoms with Crippen LogP contribution in [-0.2, 0) is 5.41 Å². The summed E-state index contributed by atoms with van der Waals surface area (Å²) in [5.41, 5.74) is 14.2. The minimum absolute atomic E-state index is 0.553. The third kappa shape index (κ3) is 4.91. The molecule has 10 aromatic carbocycles. The summed E-state index contributed by atoms with van der Waals surface area (Å²) in [7, 11) is 0. The van der Waals surface area contributed by atoms with Gasteiger partial charge in [-0.1, -0.05) is 157 Å². The Morgan fingerprint density at radius 3 is 1.90 bits per heavy atom. The van der Waals surface area contributed by atoms with Crippen LogP contribution in [0.3, 0.4) is 0 Å². The second-order valence-corrected chi connectivity index (χ2v) is 19.0. The molecule has 294 valence electrons. The molecule has 2 aliphatic rings. The summed E-state index contributed by atoms with van der Waals surface area (Å²) in [6.45, 7) is 0. The lowest BCUT2D eigenvalue weighted by molar-refractivity contribution is 0.707. The lowest BCUT2D eigenvalue weighted by atomic mass is 9.59. The first kappa shape index (κ1) is 35.2. The van der Waals surface area contributed by atoms with Crippen LogP contribution >= 0.6 is 23.1 Å². The van der Waals surface area contributed by atoms with Crippen molar-refractivity contribution in [3.63, 3.8) is 0 Å². The second-order valence-electron chi connectivity index (χ2n) is 16.8. The Kier molecular flexibility index (Phi) is 7.45. The number of hydrogen-bond acceptors (Lipinski definition) is 3. The van der Waals surface area contributed by atoms with Crippen molar-refractivity contribution < 1.29 is 0 Å². The van der Waals surface area contributed by atoms with E-state index in [0.29, 0.717) is 0 Å². The van der Waals surface area contributed by atoms with E-state index in [2.05, 4.69) is 228 Å². The third-order valence-electron chi connectivity index (χ3n) is 13.6. The zero-order chi connectivity index (χ0) is 41.2. The van der Waals surface area contributed by atoms with Crippen molar-refractivity contribution in [3.8, 4) is 16.8 Å². The molecule has 1 unspecified atom stereocenters. The van der Waals surface area contributed by atoms with Gasteiger partial charge in [0, 0.05) is 63.5 Å². The Morgan fingerprint density at radius 1 is 0.381 bits per heavy atom. The van der Waals surface area contributed by atoms with Crippen molar-refractivity contribution >= 4 is 92.9 Å². The Balaban J connectivity index is 1.07. The maximum atomic E-state index is 2.52. The van der Waals surface area contributed by atoms with Crippen LogP contribution < -0.4 is 4.90 Å². The van der Waals surface area contributed by atoms with Gasteiger partial charge in [0.25, 0.3) is 0 Å². The first-order valence-electron chi connectivity index (χ1n) is 21.6. The topological polar surface area (TPSA) is 8.17 Å². The Hall–Kier alpha value is -7.37. The van der Waals surface area contributed by atoms with Gasteiger partial charge in [-0.05, 0) is 117 Å². The quantitative estimate of drug-likeness (QED) is 0.174. The van der Waals surface area contributed by atoms with Gasteiger partial charge in [-0.3, -0.25) is 0 Å². The molecule has 0 amide bonds. The van der Waals surface area contributed by atoms with Gasteiger partial charge < -0.3 is 9.47 Å². The highest BCUT2D eigenvalue weighted by molar-refractivity contribution is 7.99. The lowest BCUT2D eigenvalue weighted by Crippen LogP contribution is -2.36. The molecule has 2 aromatic heterocycles. The molecule has 0 bridgehead atoms. The summed E-state index contributed by atoms with van der Waals surface area (Å²) in [5.74, 6) is 0. The molecule has 2 nitrogen and oxygen atoms in total. The number of fused-ring (bicyclic) bond motifs is 14. The first-order chi connectivity index (χ1) is 31.2. The van der Waals surface area contributed by atoms with Crippen LogP contribution in [0, 0.1) is 0 Å². The second kappa shape index (κ2) is 13.3. The summed E-state index contributed by atoms with van der Waals surface area (Å²) in [6.07, 6.45) is 0. The summed E-state index contributed by atoms with van der Waals surface area (Å²) in [4.78, 5) is 5.08. The maximum absolute atomic E-state index is 2.52. The molecule has 0 N–H and O–H groups in total. The number of rotatable bonds is 4. The number of nitrogens with zero attached hydrogens (tertiary/aromatic N) is 2. The van der Waals surface area contributed by atoms with Crippen molar-refractivity contribution in [3.05, 3.63) is 241 Å². The minimum Gasteiger partial charge on any atom is -0.310 e. The van der Waals surface area contributed by atoms with Crippen LogP contribution in [0.25, 0.3) is 69.6 Å². The number of aromatic nitrogens is 1. The van der Waals surface area contributed by atoms with E-state index in [1.807, 2.05) is 23.1 Å². The highest BCUT2D eigenvalue weighted by Gasteiger charge is 2.48. The monoisotopic (exact) mass is 836 g/mol. The number of anilines is 3. The van der Waals surface area contributed by atoms with Gasteiger partial charge in [0.1, 0.15) is 0 Å². The summed E-state index contributed by atoms with van der Waals surface area (Å²) >= 11 is 3.77. The van der Waals surface area contributed by atoms with Gasteiger partial charge in [0.2, 0.25) is 0 Å². The number of para-hydroxylation sites is 2. The number of thiophene rings is 1. The van der Waals surface area contributed by atoms with E-state index >= 15 is 0 Å². The van der Waals surface area contributed by atoms with Crippen molar-refractivity contribution in [2.75, 3.05) is 4.90 Å². The molecular formula is C59H36N2S2. The molecule has 14 rings (SSSR count). The number of hydrogen-bond donors (Lipinski definition) is 0.